The molecule has 2 aromatic heterocycles. The molecular formula is C14H11N5O3S. The first-order valence-electron chi connectivity index (χ1n) is 6.51. The van der Waals surface area contributed by atoms with Gasteiger partial charge in [0.1, 0.15) is 4.90 Å². The number of sulfonamides is 1. The van der Waals surface area contributed by atoms with Gasteiger partial charge in [0.05, 0.1) is 12.4 Å². The molecule has 2 heterocycles. The second-order valence-electron chi connectivity index (χ2n) is 4.52. The number of aromatic amines is 1. The van der Waals surface area contributed by atoms with Crippen molar-refractivity contribution in [1.82, 2.24) is 20.2 Å². The van der Waals surface area contributed by atoms with Crippen molar-refractivity contribution in [3.63, 3.8) is 0 Å². The average molecular weight is 329 g/mol. The van der Waals surface area contributed by atoms with Gasteiger partial charge in [0, 0.05) is 11.6 Å². The fourth-order valence-electron chi connectivity index (χ4n) is 1.79. The minimum absolute atomic E-state index is 0.00302. The Morgan fingerprint density at radius 2 is 1.65 bits per heavy atom. The summed E-state index contributed by atoms with van der Waals surface area (Å²) in [6.07, 6.45) is 2.42. The number of rotatable bonds is 4. The smallest absolute Gasteiger partial charge is 0.266 e. The van der Waals surface area contributed by atoms with Crippen LogP contribution in [0, 0.1) is 0 Å². The minimum Gasteiger partial charge on any atom is -0.268 e. The van der Waals surface area contributed by atoms with E-state index in [9.17, 15) is 13.2 Å². The van der Waals surface area contributed by atoms with Crippen molar-refractivity contribution in [2.75, 3.05) is 4.72 Å². The summed E-state index contributed by atoms with van der Waals surface area (Å²) in [4.78, 5) is 18.9. The quantitative estimate of drug-likeness (QED) is 0.738. The second kappa shape index (κ2) is 5.97. The van der Waals surface area contributed by atoms with E-state index in [2.05, 4.69) is 24.9 Å². The lowest BCUT2D eigenvalue weighted by atomic mass is 10.2. The van der Waals surface area contributed by atoms with Crippen molar-refractivity contribution in [1.29, 1.82) is 0 Å². The fraction of sp³-hybridized carbons (Fsp3) is 0. The monoisotopic (exact) mass is 329 g/mol. The summed E-state index contributed by atoms with van der Waals surface area (Å²) >= 11 is 0. The van der Waals surface area contributed by atoms with E-state index in [1.54, 1.807) is 0 Å². The highest BCUT2D eigenvalue weighted by Crippen LogP contribution is 2.16. The van der Waals surface area contributed by atoms with Crippen LogP contribution in [0.5, 0.6) is 0 Å². The van der Waals surface area contributed by atoms with Crippen LogP contribution in [0.4, 0.5) is 5.82 Å². The lowest BCUT2D eigenvalue weighted by Crippen LogP contribution is -2.16. The van der Waals surface area contributed by atoms with Crippen LogP contribution in [0.25, 0.3) is 11.4 Å². The number of nitrogens with one attached hydrogen (secondary N) is 2. The van der Waals surface area contributed by atoms with Crippen molar-refractivity contribution in [3.8, 4) is 11.4 Å². The van der Waals surface area contributed by atoms with Crippen LogP contribution >= 0.6 is 0 Å². The van der Waals surface area contributed by atoms with Crippen LogP contribution in [0.3, 0.4) is 0 Å². The van der Waals surface area contributed by atoms with Gasteiger partial charge in [0.15, 0.2) is 11.6 Å². The molecule has 3 aromatic rings. The molecule has 0 unspecified atom stereocenters. The molecule has 0 aliphatic heterocycles. The SMILES string of the molecule is O=c1ccc(NS(=O)(=O)c2cnc(-c3ccccc3)nc2)n[nH]1. The van der Waals surface area contributed by atoms with Gasteiger partial charge in [-0.2, -0.15) is 5.10 Å². The Morgan fingerprint density at radius 1 is 0.957 bits per heavy atom. The topological polar surface area (TPSA) is 118 Å². The van der Waals surface area contributed by atoms with Crippen molar-refractivity contribution < 1.29 is 8.42 Å². The molecular weight excluding hydrogens is 318 g/mol. The van der Waals surface area contributed by atoms with Gasteiger partial charge in [-0.15, -0.1) is 0 Å². The standard InChI is InChI=1S/C14H11N5O3S/c20-13-7-6-12(17-18-13)19-23(21,22)11-8-15-14(16-9-11)10-4-2-1-3-5-10/h1-9H,(H,17,19)(H,18,20). The molecule has 9 heteroatoms. The molecule has 2 N–H and O–H groups in total. The zero-order valence-corrected chi connectivity index (χ0v) is 12.5. The van der Waals surface area contributed by atoms with E-state index >= 15 is 0 Å². The molecule has 3 rings (SSSR count). The van der Waals surface area contributed by atoms with E-state index in [4.69, 9.17) is 0 Å². The van der Waals surface area contributed by atoms with Gasteiger partial charge in [-0.1, -0.05) is 30.3 Å². The van der Waals surface area contributed by atoms with Gasteiger partial charge in [0.2, 0.25) is 0 Å². The van der Waals surface area contributed by atoms with E-state index in [0.29, 0.717) is 5.82 Å². The third-order valence-electron chi connectivity index (χ3n) is 2.89. The molecule has 0 amide bonds. The Hall–Kier alpha value is -3.07. The Balaban J connectivity index is 1.86. The predicted molar refractivity (Wildman–Crippen MR) is 83.1 cm³/mol. The maximum absolute atomic E-state index is 12.2. The number of aromatic nitrogens is 4. The molecule has 0 atom stereocenters. The van der Waals surface area contributed by atoms with Gasteiger partial charge < -0.3 is 0 Å². The van der Waals surface area contributed by atoms with Gasteiger partial charge in [-0.05, 0) is 6.07 Å². The molecule has 0 spiro atoms. The second-order valence-corrected chi connectivity index (χ2v) is 6.20. The summed E-state index contributed by atoms with van der Waals surface area (Å²) < 4.78 is 26.7. The lowest BCUT2D eigenvalue weighted by Gasteiger charge is -2.06. The summed E-state index contributed by atoms with van der Waals surface area (Å²) in [6.45, 7) is 0. The highest BCUT2D eigenvalue weighted by atomic mass is 32.2. The fourth-order valence-corrected chi connectivity index (χ4v) is 2.68. The van der Waals surface area contributed by atoms with Gasteiger partial charge in [0.25, 0.3) is 15.6 Å². The summed E-state index contributed by atoms with van der Waals surface area (Å²) in [5, 5.41) is 5.73. The Bertz CT molecular complexity index is 949. The van der Waals surface area contributed by atoms with E-state index in [1.165, 1.54) is 24.5 Å². The molecule has 0 aliphatic carbocycles. The number of anilines is 1. The number of hydrogen-bond acceptors (Lipinski definition) is 6. The molecule has 0 radical (unpaired) electrons. The molecule has 23 heavy (non-hydrogen) atoms. The van der Waals surface area contributed by atoms with E-state index in [1.807, 2.05) is 30.3 Å². The molecule has 0 saturated heterocycles. The first-order chi connectivity index (χ1) is 11.0. The predicted octanol–water partition coefficient (Wildman–Crippen LogP) is 1.03. The summed E-state index contributed by atoms with van der Waals surface area (Å²) in [6, 6.07) is 11.6. The number of benzene rings is 1. The van der Waals surface area contributed by atoms with E-state index in [0.717, 1.165) is 5.56 Å². The maximum Gasteiger partial charge on any atom is 0.266 e. The third-order valence-corrected chi connectivity index (χ3v) is 4.20. The Kier molecular flexibility index (Phi) is 3.85. The Morgan fingerprint density at radius 3 is 2.26 bits per heavy atom. The van der Waals surface area contributed by atoms with Crippen LogP contribution in [0.15, 0.2) is 64.5 Å². The van der Waals surface area contributed by atoms with Gasteiger partial charge >= 0.3 is 0 Å². The average Bonchev–Trinajstić information content (AvgIpc) is 2.58. The van der Waals surface area contributed by atoms with Gasteiger partial charge in [-0.3, -0.25) is 9.52 Å². The zero-order valence-electron chi connectivity index (χ0n) is 11.7. The molecule has 0 saturated carbocycles. The highest BCUT2D eigenvalue weighted by Gasteiger charge is 2.16. The molecule has 0 bridgehead atoms. The van der Waals surface area contributed by atoms with Crippen LogP contribution < -0.4 is 10.3 Å². The summed E-state index contributed by atoms with van der Waals surface area (Å²) in [5.41, 5.74) is 0.357. The lowest BCUT2D eigenvalue weighted by molar-refractivity contribution is 0.600. The first kappa shape index (κ1) is 14.9. The maximum atomic E-state index is 12.2. The third kappa shape index (κ3) is 3.40. The minimum atomic E-state index is -3.88. The van der Waals surface area contributed by atoms with Crippen molar-refractivity contribution >= 4 is 15.8 Å². The molecule has 0 aliphatic rings. The van der Waals surface area contributed by atoms with E-state index < -0.39 is 15.6 Å². The largest absolute Gasteiger partial charge is 0.268 e. The number of nitrogens with zero attached hydrogens (tertiary/aromatic N) is 3. The van der Waals surface area contributed by atoms with Crippen molar-refractivity contribution in [2.24, 2.45) is 0 Å². The zero-order chi connectivity index (χ0) is 16.3. The summed E-state index contributed by atoms with van der Waals surface area (Å²) in [5.74, 6) is 0.420. The van der Waals surface area contributed by atoms with Crippen LogP contribution in [-0.2, 0) is 10.0 Å². The normalized spacial score (nSPS) is 11.1. The highest BCUT2D eigenvalue weighted by molar-refractivity contribution is 7.92. The van der Waals surface area contributed by atoms with Crippen molar-refractivity contribution in [3.05, 3.63) is 65.2 Å². The van der Waals surface area contributed by atoms with Crippen LogP contribution in [0.2, 0.25) is 0 Å². The number of H-pyrrole nitrogens is 1. The van der Waals surface area contributed by atoms with Crippen LogP contribution in [-0.4, -0.2) is 28.6 Å². The molecule has 1 aromatic carbocycles. The molecule has 8 nitrogen and oxygen atoms in total. The van der Waals surface area contributed by atoms with Crippen molar-refractivity contribution in [2.45, 2.75) is 4.90 Å². The summed E-state index contributed by atoms with van der Waals surface area (Å²) in [7, 11) is -3.88. The molecule has 0 fully saturated rings. The van der Waals surface area contributed by atoms with E-state index in [-0.39, 0.29) is 10.7 Å². The Labute approximate surface area is 131 Å². The molecule has 116 valence electrons. The first-order valence-corrected chi connectivity index (χ1v) is 7.99. The number of hydrogen-bond donors (Lipinski definition) is 2. The van der Waals surface area contributed by atoms with Gasteiger partial charge in [-0.25, -0.2) is 23.5 Å². The van der Waals surface area contributed by atoms with Crippen LogP contribution in [0.1, 0.15) is 0 Å².